The molecule has 0 radical (unpaired) electrons. The summed E-state index contributed by atoms with van der Waals surface area (Å²) in [6, 6.07) is 17.4. The molecule has 0 aliphatic carbocycles. The van der Waals surface area contributed by atoms with Crippen molar-refractivity contribution >= 4 is 40.1 Å². The van der Waals surface area contributed by atoms with Gasteiger partial charge in [0, 0.05) is 5.02 Å². The molecule has 2 heterocycles. The second-order valence-corrected chi connectivity index (χ2v) is 6.42. The van der Waals surface area contributed by atoms with Crippen LogP contribution in [-0.2, 0) is 4.79 Å². The van der Waals surface area contributed by atoms with E-state index < -0.39 is 0 Å². The van der Waals surface area contributed by atoms with Crippen LogP contribution in [0.4, 0.5) is 5.69 Å². The third kappa shape index (κ3) is 2.17. The van der Waals surface area contributed by atoms with Crippen LogP contribution in [0, 0.1) is 0 Å². The molecule has 0 bridgehead atoms. The van der Waals surface area contributed by atoms with Crippen LogP contribution >= 0.6 is 23.4 Å². The van der Waals surface area contributed by atoms with Gasteiger partial charge in [-0.2, -0.15) is 0 Å². The van der Waals surface area contributed by atoms with Crippen molar-refractivity contribution in [3.05, 3.63) is 65.2 Å². The summed E-state index contributed by atoms with van der Waals surface area (Å²) in [5.41, 5.74) is 1.95. The SMILES string of the molecule is O=C1CSC2=NN(c3ccccc3)C(c3ccc(Cl)cc3)N12. The smallest absolute Gasteiger partial charge is 0.241 e. The molecule has 1 saturated heterocycles. The summed E-state index contributed by atoms with van der Waals surface area (Å²) in [6.45, 7) is 0. The van der Waals surface area contributed by atoms with Gasteiger partial charge in [0.25, 0.3) is 0 Å². The molecule has 2 aromatic carbocycles. The average molecular weight is 330 g/mol. The normalized spacial score (nSPS) is 20.3. The minimum atomic E-state index is -0.253. The Bertz CT molecular complexity index is 748. The maximum absolute atomic E-state index is 12.3. The fourth-order valence-corrected chi connectivity index (χ4v) is 3.66. The molecule has 0 aromatic heterocycles. The molecule has 4 rings (SSSR count). The standard InChI is InChI=1S/C16H12ClN3OS/c17-12-8-6-11(7-9-12)15-19-14(21)10-22-16(19)18-20(15)13-4-2-1-3-5-13/h1-9,15H,10H2. The van der Waals surface area contributed by atoms with Crippen molar-refractivity contribution < 1.29 is 4.79 Å². The number of hydrogen-bond donors (Lipinski definition) is 0. The minimum Gasteiger partial charge on any atom is -0.273 e. The molecular weight excluding hydrogens is 318 g/mol. The van der Waals surface area contributed by atoms with Crippen molar-refractivity contribution in [3.8, 4) is 0 Å². The van der Waals surface area contributed by atoms with Gasteiger partial charge in [-0.15, -0.1) is 5.10 Å². The first kappa shape index (κ1) is 13.7. The van der Waals surface area contributed by atoms with Crippen molar-refractivity contribution in [2.24, 2.45) is 5.10 Å². The van der Waals surface area contributed by atoms with Gasteiger partial charge in [0.05, 0.1) is 11.4 Å². The number of anilines is 1. The Hall–Kier alpha value is -1.98. The van der Waals surface area contributed by atoms with E-state index in [4.69, 9.17) is 11.6 Å². The van der Waals surface area contributed by atoms with Crippen LogP contribution in [0.3, 0.4) is 0 Å². The van der Waals surface area contributed by atoms with Gasteiger partial charge >= 0.3 is 0 Å². The summed E-state index contributed by atoms with van der Waals surface area (Å²) in [6.07, 6.45) is -0.253. The van der Waals surface area contributed by atoms with Crippen LogP contribution in [0.25, 0.3) is 0 Å². The molecule has 1 fully saturated rings. The molecule has 1 amide bonds. The van der Waals surface area contributed by atoms with Gasteiger partial charge in [-0.05, 0) is 29.8 Å². The van der Waals surface area contributed by atoms with E-state index in [0.29, 0.717) is 10.8 Å². The van der Waals surface area contributed by atoms with Crippen LogP contribution in [-0.4, -0.2) is 21.7 Å². The fraction of sp³-hybridized carbons (Fsp3) is 0.125. The highest BCUT2D eigenvalue weighted by molar-refractivity contribution is 8.15. The number of carbonyl (C=O) groups is 1. The largest absolute Gasteiger partial charge is 0.273 e. The molecule has 22 heavy (non-hydrogen) atoms. The highest BCUT2D eigenvalue weighted by Gasteiger charge is 2.44. The first-order chi connectivity index (χ1) is 10.7. The molecule has 1 unspecified atom stereocenters. The number of amidine groups is 1. The lowest BCUT2D eigenvalue weighted by Crippen LogP contribution is -2.35. The second-order valence-electron chi connectivity index (χ2n) is 5.04. The number of halogens is 1. The number of para-hydroxylation sites is 1. The topological polar surface area (TPSA) is 35.9 Å². The van der Waals surface area contributed by atoms with Crippen molar-refractivity contribution in [1.29, 1.82) is 0 Å². The predicted octanol–water partition coefficient (Wildman–Crippen LogP) is 3.71. The molecule has 4 nitrogen and oxygen atoms in total. The molecule has 2 aromatic rings. The van der Waals surface area contributed by atoms with Crippen LogP contribution in [0.2, 0.25) is 5.02 Å². The highest BCUT2D eigenvalue weighted by Crippen LogP contribution is 2.41. The van der Waals surface area contributed by atoms with Gasteiger partial charge in [-0.3, -0.25) is 9.69 Å². The van der Waals surface area contributed by atoms with Crippen LogP contribution < -0.4 is 5.01 Å². The highest BCUT2D eigenvalue weighted by atomic mass is 35.5. The number of amides is 1. The maximum Gasteiger partial charge on any atom is 0.241 e. The van der Waals surface area contributed by atoms with E-state index in [-0.39, 0.29) is 12.1 Å². The lowest BCUT2D eigenvalue weighted by atomic mass is 10.1. The van der Waals surface area contributed by atoms with E-state index in [9.17, 15) is 4.79 Å². The number of hydrogen-bond acceptors (Lipinski definition) is 4. The summed E-state index contributed by atoms with van der Waals surface area (Å²) in [5.74, 6) is 0.535. The zero-order valence-electron chi connectivity index (χ0n) is 11.5. The van der Waals surface area contributed by atoms with Gasteiger partial charge in [0.15, 0.2) is 11.3 Å². The third-order valence-corrected chi connectivity index (χ3v) is 4.84. The zero-order chi connectivity index (χ0) is 15.1. The van der Waals surface area contributed by atoms with Crippen LogP contribution in [0.1, 0.15) is 11.7 Å². The molecule has 0 spiro atoms. The minimum absolute atomic E-state index is 0.0853. The first-order valence-corrected chi connectivity index (χ1v) is 8.23. The molecule has 6 heteroatoms. The molecule has 0 N–H and O–H groups in total. The van der Waals surface area contributed by atoms with Gasteiger partial charge < -0.3 is 0 Å². The summed E-state index contributed by atoms with van der Waals surface area (Å²) in [5, 5.41) is 7.96. The lowest BCUT2D eigenvalue weighted by Gasteiger charge is -2.28. The number of carbonyl (C=O) groups excluding carboxylic acids is 1. The number of fused-ring (bicyclic) bond motifs is 1. The van der Waals surface area contributed by atoms with Crippen molar-refractivity contribution in [3.63, 3.8) is 0 Å². The van der Waals surface area contributed by atoms with Gasteiger partial charge in [-0.1, -0.05) is 53.7 Å². The second kappa shape index (κ2) is 5.34. The van der Waals surface area contributed by atoms with Gasteiger partial charge in [0.2, 0.25) is 5.91 Å². The average Bonchev–Trinajstić information content (AvgIpc) is 3.09. The molecular formula is C16H12ClN3OS. The summed E-state index contributed by atoms with van der Waals surface area (Å²) in [7, 11) is 0. The Labute approximate surface area is 137 Å². The molecule has 2 aliphatic rings. The number of thioether (sulfide) groups is 1. The van der Waals surface area contributed by atoms with E-state index in [1.54, 1.807) is 4.90 Å². The number of rotatable bonds is 2. The van der Waals surface area contributed by atoms with E-state index >= 15 is 0 Å². The van der Waals surface area contributed by atoms with E-state index in [0.717, 1.165) is 16.4 Å². The van der Waals surface area contributed by atoms with Crippen molar-refractivity contribution in [1.82, 2.24) is 4.90 Å². The maximum atomic E-state index is 12.3. The Morgan fingerprint density at radius 1 is 1.09 bits per heavy atom. The van der Waals surface area contributed by atoms with Crippen LogP contribution in [0.15, 0.2) is 59.7 Å². The fourth-order valence-electron chi connectivity index (χ4n) is 2.65. The molecule has 110 valence electrons. The van der Waals surface area contributed by atoms with Gasteiger partial charge in [-0.25, -0.2) is 5.01 Å². The molecule has 0 saturated carbocycles. The lowest BCUT2D eigenvalue weighted by molar-refractivity contribution is -0.125. The first-order valence-electron chi connectivity index (χ1n) is 6.87. The Balaban J connectivity index is 1.80. The Morgan fingerprint density at radius 2 is 1.82 bits per heavy atom. The van der Waals surface area contributed by atoms with Crippen molar-refractivity contribution in [2.75, 3.05) is 10.8 Å². The Kier molecular flexibility index (Phi) is 3.32. The van der Waals surface area contributed by atoms with E-state index in [1.165, 1.54) is 11.8 Å². The number of benzene rings is 2. The zero-order valence-corrected chi connectivity index (χ0v) is 13.1. The third-order valence-electron chi connectivity index (χ3n) is 3.66. The predicted molar refractivity (Wildman–Crippen MR) is 89.9 cm³/mol. The summed E-state index contributed by atoms with van der Waals surface area (Å²) in [4.78, 5) is 14.0. The van der Waals surface area contributed by atoms with Crippen molar-refractivity contribution in [2.45, 2.75) is 6.17 Å². The van der Waals surface area contributed by atoms with Gasteiger partial charge in [0.1, 0.15) is 0 Å². The number of nitrogens with zero attached hydrogens (tertiary/aromatic N) is 3. The monoisotopic (exact) mass is 329 g/mol. The Morgan fingerprint density at radius 3 is 2.55 bits per heavy atom. The number of hydrazone groups is 1. The quantitative estimate of drug-likeness (QED) is 0.842. The summed E-state index contributed by atoms with van der Waals surface area (Å²) < 4.78 is 0. The summed E-state index contributed by atoms with van der Waals surface area (Å²) >= 11 is 7.46. The molecule has 1 atom stereocenters. The van der Waals surface area contributed by atoms with Crippen LogP contribution in [0.5, 0.6) is 0 Å². The molecule has 2 aliphatic heterocycles. The van der Waals surface area contributed by atoms with E-state index in [2.05, 4.69) is 5.10 Å². The van der Waals surface area contributed by atoms with E-state index in [1.807, 2.05) is 59.6 Å².